The Morgan fingerprint density at radius 2 is 2.37 bits per heavy atom. The lowest BCUT2D eigenvalue weighted by molar-refractivity contribution is 0.356. The van der Waals surface area contributed by atoms with E-state index in [-0.39, 0.29) is 0 Å². The predicted molar refractivity (Wildman–Crippen MR) is 71.7 cm³/mol. The molecule has 98 valence electrons. The number of benzene rings is 1. The molecule has 0 spiro atoms. The third kappa shape index (κ3) is 2.87. The molecule has 0 bridgehead atoms. The van der Waals surface area contributed by atoms with Crippen molar-refractivity contribution in [2.24, 2.45) is 5.73 Å². The van der Waals surface area contributed by atoms with Crippen LogP contribution in [0.3, 0.4) is 0 Å². The van der Waals surface area contributed by atoms with Crippen LogP contribution >= 0.6 is 11.6 Å². The van der Waals surface area contributed by atoms with Crippen LogP contribution in [0.15, 0.2) is 22.7 Å². The number of ether oxygens (including phenoxy) is 1. The highest BCUT2D eigenvalue weighted by Crippen LogP contribution is 2.31. The van der Waals surface area contributed by atoms with Crippen molar-refractivity contribution in [3.63, 3.8) is 0 Å². The van der Waals surface area contributed by atoms with Crippen LogP contribution in [0, 0.1) is 12.3 Å². The van der Waals surface area contributed by atoms with Crippen LogP contribution < -0.4 is 10.5 Å². The first kappa shape index (κ1) is 13.4. The second-order valence-corrected chi connectivity index (χ2v) is 4.25. The quantitative estimate of drug-likeness (QED) is 0.869. The van der Waals surface area contributed by atoms with Gasteiger partial charge in [0.25, 0.3) is 0 Å². The summed E-state index contributed by atoms with van der Waals surface area (Å²) in [6.45, 7) is 0. The van der Waals surface area contributed by atoms with Crippen molar-refractivity contribution in [2.45, 2.75) is 12.5 Å². The number of aromatic nitrogens is 2. The molecule has 0 saturated heterocycles. The van der Waals surface area contributed by atoms with Crippen LogP contribution in [-0.4, -0.2) is 17.3 Å². The fraction of sp³-hybridized carbons (Fsp3) is 0.231. The highest BCUT2D eigenvalue weighted by Gasteiger charge is 2.17. The largest absolute Gasteiger partial charge is 0.496 e. The van der Waals surface area contributed by atoms with E-state index in [1.54, 1.807) is 25.3 Å². The lowest BCUT2D eigenvalue weighted by Gasteiger charge is -2.04. The minimum absolute atomic E-state index is 0.296. The van der Waals surface area contributed by atoms with Crippen LogP contribution in [0.1, 0.15) is 18.4 Å². The first-order chi connectivity index (χ1) is 9.15. The number of rotatable bonds is 4. The maximum atomic E-state index is 5.89. The molecule has 1 unspecified atom stereocenters. The molecular weight excluding hydrogens is 266 g/mol. The molecule has 2 N–H and O–H groups in total. The van der Waals surface area contributed by atoms with Crippen molar-refractivity contribution in [3.8, 4) is 29.5 Å². The number of nitrogens with two attached hydrogens (primary N) is 1. The fourth-order valence-corrected chi connectivity index (χ4v) is 1.72. The van der Waals surface area contributed by atoms with Crippen molar-refractivity contribution in [1.29, 1.82) is 0 Å². The van der Waals surface area contributed by atoms with Gasteiger partial charge in [-0.05, 0) is 18.2 Å². The first-order valence-electron chi connectivity index (χ1n) is 5.52. The molecule has 5 nitrogen and oxygen atoms in total. The first-order valence-corrected chi connectivity index (χ1v) is 5.90. The van der Waals surface area contributed by atoms with E-state index in [1.165, 1.54) is 0 Å². The molecule has 1 atom stereocenters. The highest BCUT2D eigenvalue weighted by atomic mass is 35.5. The molecule has 1 aromatic heterocycles. The molecule has 0 saturated carbocycles. The summed E-state index contributed by atoms with van der Waals surface area (Å²) in [5.74, 6) is 3.69. The van der Waals surface area contributed by atoms with Gasteiger partial charge in [-0.3, -0.25) is 0 Å². The average molecular weight is 278 g/mol. The van der Waals surface area contributed by atoms with Crippen LogP contribution in [-0.2, 0) is 0 Å². The van der Waals surface area contributed by atoms with E-state index in [4.69, 9.17) is 33.0 Å². The van der Waals surface area contributed by atoms with Gasteiger partial charge in [0.15, 0.2) is 0 Å². The van der Waals surface area contributed by atoms with E-state index >= 15 is 0 Å². The molecule has 19 heavy (non-hydrogen) atoms. The number of nitrogens with zero attached hydrogens (tertiary/aromatic N) is 2. The number of hydrogen-bond donors (Lipinski definition) is 1. The zero-order chi connectivity index (χ0) is 13.8. The van der Waals surface area contributed by atoms with E-state index in [9.17, 15) is 0 Å². The topological polar surface area (TPSA) is 74.2 Å². The molecule has 1 aromatic carbocycles. The summed E-state index contributed by atoms with van der Waals surface area (Å²) in [4.78, 5) is 4.22. The molecule has 0 fully saturated rings. The Kier molecular flexibility index (Phi) is 4.05. The van der Waals surface area contributed by atoms with Crippen LogP contribution in [0.5, 0.6) is 5.75 Å². The summed E-state index contributed by atoms with van der Waals surface area (Å²) in [5.41, 5.74) is 6.48. The monoisotopic (exact) mass is 277 g/mol. The normalized spacial score (nSPS) is 11.9. The molecule has 0 aliphatic rings. The van der Waals surface area contributed by atoms with E-state index in [2.05, 4.69) is 16.1 Å². The second kappa shape index (κ2) is 5.74. The Balaban J connectivity index is 2.35. The Morgan fingerprint density at radius 3 is 3.05 bits per heavy atom. The van der Waals surface area contributed by atoms with Gasteiger partial charge < -0.3 is 15.0 Å². The van der Waals surface area contributed by atoms with E-state index in [0.717, 1.165) is 0 Å². The molecule has 1 heterocycles. The Hall–Kier alpha value is -2.03. The van der Waals surface area contributed by atoms with Gasteiger partial charge in [-0.15, -0.1) is 12.3 Å². The number of halogens is 1. The Morgan fingerprint density at radius 1 is 1.58 bits per heavy atom. The fourth-order valence-electron chi connectivity index (χ4n) is 1.56. The summed E-state index contributed by atoms with van der Waals surface area (Å²) in [7, 11) is 1.54. The molecule has 6 heteroatoms. The minimum atomic E-state index is -0.468. The number of hydrogen-bond acceptors (Lipinski definition) is 5. The maximum Gasteiger partial charge on any atom is 0.244 e. The molecule has 2 aromatic rings. The van der Waals surface area contributed by atoms with Crippen molar-refractivity contribution in [2.75, 3.05) is 7.11 Å². The van der Waals surface area contributed by atoms with Gasteiger partial charge in [-0.25, -0.2) is 0 Å². The SMILES string of the molecule is C#CCC(N)c1nc(-c2ccc(Cl)cc2OC)no1. The zero-order valence-corrected chi connectivity index (χ0v) is 11.0. The van der Waals surface area contributed by atoms with Gasteiger partial charge in [-0.2, -0.15) is 4.98 Å². The van der Waals surface area contributed by atoms with Crippen LogP contribution in [0.25, 0.3) is 11.4 Å². The van der Waals surface area contributed by atoms with Crippen molar-refractivity contribution >= 4 is 11.6 Å². The van der Waals surface area contributed by atoms with Gasteiger partial charge in [0.05, 0.1) is 18.7 Å². The summed E-state index contributed by atoms with van der Waals surface area (Å²) in [6, 6.07) is 4.68. The Labute approximate surface area is 115 Å². The van der Waals surface area contributed by atoms with Crippen molar-refractivity contribution in [3.05, 3.63) is 29.1 Å². The molecule has 0 amide bonds. The molecule has 0 aliphatic heterocycles. The summed E-state index contributed by atoms with van der Waals surface area (Å²) >= 11 is 5.89. The summed E-state index contributed by atoms with van der Waals surface area (Å²) in [5, 5.41) is 4.43. The zero-order valence-electron chi connectivity index (χ0n) is 10.3. The molecule has 0 aliphatic carbocycles. The third-order valence-electron chi connectivity index (χ3n) is 2.50. The van der Waals surface area contributed by atoms with Crippen molar-refractivity contribution < 1.29 is 9.26 Å². The van der Waals surface area contributed by atoms with Gasteiger partial charge >= 0.3 is 0 Å². The van der Waals surface area contributed by atoms with Crippen LogP contribution in [0.4, 0.5) is 0 Å². The van der Waals surface area contributed by atoms with E-state index < -0.39 is 6.04 Å². The van der Waals surface area contributed by atoms with Crippen LogP contribution in [0.2, 0.25) is 5.02 Å². The smallest absolute Gasteiger partial charge is 0.244 e. The molecular formula is C13H12ClN3O2. The average Bonchev–Trinajstić information content (AvgIpc) is 2.88. The summed E-state index contributed by atoms with van der Waals surface area (Å²) < 4.78 is 10.3. The van der Waals surface area contributed by atoms with Crippen molar-refractivity contribution in [1.82, 2.24) is 10.1 Å². The standard InChI is InChI=1S/C13H12ClN3O2/c1-3-4-10(15)13-16-12(17-19-13)9-6-5-8(14)7-11(9)18-2/h1,5-7,10H,4,15H2,2H3. The predicted octanol–water partition coefficient (Wildman–Crippen LogP) is 2.42. The van der Waals surface area contributed by atoms with Gasteiger partial charge in [0, 0.05) is 11.4 Å². The lowest BCUT2D eigenvalue weighted by atomic mass is 10.2. The molecule has 0 radical (unpaired) electrons. The van der Waals surface area contributed by atoms with Gasteiger partial charge in [-0.1, -0.05) is 16.8 Å². The van der Waals surface area contributed by atoms with Gasteiger partial charge in [0.1, 0.15) is 5.75 Å². The number of methoxy groups -OCH3 is 1. The Bertz CT molecular complexity index is 619. The van der Waals surface area contributed by atoms with E-state index in [0.29, 0.717) is 34.5 Å². The van der Waals surface area contributed by atoms with E-state index in [1.807, 2.05) is 0 Å². The molecule has 2 rings (SSSR count). The number of terminal acetylenes is 1. The lowest BCUT2D eigenvalue weighted by Crippen LogP contribution is -2.09. The minimum Gasteiger partial charge on any atom is -0.496 e. The highest BCUT2D eigenvalue weighted by molar-refractivity contribution is 6.30. The summed E-state index contributed by atoms with van der Waals surface area (Å²) in [6.07, 6.45) is 5.53. The second-order valence-electron chi connectivity index (χ2n) is 3.82. The maximum absolute atomic E-state index is 5.89. The third-order valence-corrected chi connectivity index (χ3v) is 2.74. The van der Waals surface area contributed by atoms with Gasteiger partial charge in [0.2, 0.25) is 11.7 Å².